The van der Waals surface area contributed by atoms with Crippen molar-refractivity contribution in [3.05, 3.63) is 47.9 Å². The average Bonchev–Trinajstić information content (AvgIpc) is 3.05. The maximum Gasteiger partial charge on any atom is 0.127 e. The van der Waals surface area contributed by atoms with Crippen molar-refractivity contribution < 1.29 is 9.15 Å². The molecule has 3 atom stereocenters. The van der Waals surface area contributed by atoms with Crippen LogP contribution in [-0.2, 0) is 0 Å². The first-order valence-electron chi connectivity index (χ1n) is 7.41. The van der Waals surface area contributed by atoms with Gasteiger partial charge in [-0.3, -0.25) is 0 Å². The number of nitrogens with one attached hydrogen (secondary N) is 1. The van der Waals surface area contributed by atoms with Gasteiger partial charge in [0.1, 0.15) is 17.3 Å². The SMILES string of the molecule is COc1ccc(NC(CN)c2ccc(C3CC3C)o2)cc1. The van der Waals surface area contributed by atoms with Gasteiger partial charge in [-0.2, -0.15) is 0 Å². The summed E-state index contributed by atoms with van der Waals surface area (Å²) in [6, 6.07) is 11.9. The predicted molar refractivity (Wildman–Crippen MR) is 83.6 cm³/mol. The van der Waals surface area contributed by atoms with Gasteiger partial charge in [0.15, 0.2) is 0 Å². The zero-order valence-electron chi connectivity index (χ0n) is 12.5. The topological polar surface area (TPSA) is 60.4 Å². The van der Waals surface area contributed by atoms with Crippen LogP contribution in [0.15, 0.2) is 40.8 Å². The Balaban J connectivity index is 1.70. The lowest BCUT2D eigenvalue weighted by atomic mass is 10.2. The number of nitrogens with two attached hydrogens (primary N) is 1. The van der Waals surface area contributed by atoms with Crippen LogP contribution in [0, 0.1) is 5.92 Å². The lowest BCUT2D eigenvalue weighted by molar-refractivity contribution is 0.415. The smallest absolute Gasteiger partial charge is 0.127 e. The summed E-state index contributed by atoms with van der Waals surface area (Å²) in [4.78, 5) is 0. The molecule has 2 aromatic rings. The molecule has 1 heterocycles. The van der Waals surface area contributed by atoms with Gasteiger partial charge >= 0.3 is 0 Å². The zero-order valence-corrected chi connectivity index (χ0v) is 12.5. The molecule has 3 unspecified atom stereocenters. The summed E-state index contributed by atoms with van der Waals surface area (Å²) in [5.74, 6) is 4.18. The molecule has 1 saturated carbocycles. The second-order valence-corrected chi connectivity index (χ2v) is 5.72. The number of furan rings is 1. The summed E-state index contributed by atoms with van der Waals surface area (Å²) < 4.78 is 11.1. The van der Waals surface area contributed by atoms with Gasteiger partial charge in [0.25, 0.3) is 0 Å². The first-order valence-corrected chi connectivity index (χ1v) is 7.41. The molecule has 21 heavy (non-hydrogen) atoms. The van der Waals surface area contributed by atoms with E-state index in [1.165, 1.54) is 6.42 Å². The Labute approximate surface area is 125 Å². The molecule has 0 saturated heterocycles. The Morgan fingerprint density at radius 3 is 2.57 bits per heavy atom. The first-order chi connectivity index (χ1) is 10.2. The first kappa shape index (κ1) is 14.0. The van der Waals surface area contributed by atoms with Crippen molar-refractivity contribution in [2.75, 3.05) is 19.0 Å². The summed E-state index contributed by atoms with van der Waals surface area (Å²) in [5.41, 5.74) is 6.89. The zero-order chi connectivity index (χ0) is 14.8. The largest absolute Gasteiger partial charge is 0.497 e. The summed E-state index contributed by atoms with van der Waals surface area (Å²) in [6.07, 6.45) is 1.23. The third-order valence-corrected chi connectivity index (χ3v) is 4.13. The average molecular weight is 286 g/mol. The molecule has 3 N–H and O–H groups in total. The number of benzene rings is 1. The molecule has 1 fully saturated rings. The summed E-state index contributed by atoms with van der Waals surface area (Å²) in [7, 11) is 1.66. The second-order valence-electron chi connectivity index (χ2n) is 5.72. The van der Waals surface area contributed by atoms with Crippen LogP contribution in [0.2, 0.25) is 0 Å². The van der Waals surface area contributed by atoms with E-state index in [-0.39, 0.29) is 6.04 Å². The van der Waals surface area contributed by atoms with Crippen molar-refractivity contribution in [2.24, 2.45) is 11.7 Å². The molecule has 112 valence electrons. The van der Waals surface area contributed by atoms with Crippen LogP contribution in [0.25, 0.3) is 0 Å². The van der Waals surface area contributed by atoms with E-state index >= 15 is 0 Å². The minimum atomic E-state index is -0.0128. The summed E-state index contributed by atoms with van der Waals surface area (Å²) >= 11 is 0. The van der Waals surface area contributed by atoms with Crippen LogP contribution in [0.4, 0.5) is 5.69 Å². The highest BCUT2D eigenvalue weighted by molar-refractivity contribution is 5.47. The van der Waals surface area contributed by atoms with Crippen molar-refractivity contribution in [2.45, 2.75) is 25.3 Å². The van der Waals surface area contributed by atoms with Gasteiger partial charge in [0.2, 0.25) is 0 Å². The highest BCUT2D eigenvalue weighted by Crippen LogP contribution is 2.47. The Bertz CT molecular complexity index is 591. The van der Waals surface area contributed by atoms with Crippen molar-refractivity contribution in [3.63, 3.8) is 0 Å². The van der Waals surface area contributed by atoms with Crippen molar-refractivity contribution in [1.29, 1.82) is 0 Å². The Morgan fingerprint density at radius 1 is 1.29 bits per heavy atom. The lowest BCUT2D eigenvalue weighted by Crippen LogP contribution is -2.20. The molecule has 0 aliphatic heterocycles. The predicted octanol–water partition coefficient (Wildman–Crippen LogP) is 3.52. The molecule has 0 amide bonds. The van der Waals surface area contributed by atoms with Crippen LogP contribution in [0.3, 0.4) is 0 Å². The maximum atomic E-state index is 5.98. The van der Waals surface area contributed by atoms with Gasteiger partial charge in [-0.15, -0.1) is 0 Å². The number of rotatable bonds is 6. The van der Waals surface area contributed by atoms with Gasteiger partial charge in [-0.25, -0.2) is 0 Å². The minimum Gasteiger partial charge on any atom is -0.497 e. The van der Waals surface area contributed by atoms with Gasteiger partial charge < -0.3 is 20.2 Å². The fourth-order valence-corrected chi connectivity index (χ4v) is 2.61. The molecule has 1 aromatic heterocycles. The molecule has 3 rings (SSSR count). The monoisotopic (exact) mass is 286 g/mol. The van der Waals surface area contributed by atoms with E-state index in [9.17, 15) is 0 Å². The fraction of sp³-hybridized carbons (Fsp3) is 0.412. The maximum absolute atomic E-state index is 5.98. The molecule has 0 radical (unpaired) electrons. The van der Waals surface area contributed by atoms with Crippen molar-refractivity contribution in [1.82, 2.24) is 0 Å². The van der Waals surface area contributed by atoms with Crippen molar-refractivity contribution in [3.8, 4) is 5.75 Å². The molecule has 1 aliphatic carbocycles. The van der Waals surface area contributed by atoms with Gasteiger partial charge in [0.05, 0.1) is 13.2 Å². The molecule has 0 spiro atoms. The molecule has 0 bridgehead atoms. The number of methoxy groups -OCH3 is 1. The molecule has 4 nitrogen and oxygen atoms in total. The molecular formula is C17H22N2O2. The standard InChI is InChI=1S/C17H22N2O2/c1-11-9-14(11)16-7-8-17(21-16)15(10-18)19-12-3-5-13(20-2)6-4-12/h3-8,11,14-15,19H,9-10,18H2,1-2H3. The Hall–Kier alpha value is -1.94. The Morgan fingerprint density at radius 2 is 2.00 bits per heavy atom. The van der Waals surface area contributed by atoms with Gasteiger partial charge in [-0.1, -0.05) is 6.92 Å². The van der Waals surface area contributed by atoms with E-state index in [4.69, 9.17) is 14.9 Å². The number of hydrogen-bond acceptors (Lipinski definition) is 4. The number of hydrogen-bond donors (Lipinski definition) is 2. The highest BCUT2D eigenvalue weighted by atomic mass is 16.5. The van der Waals surface area contributed by atoms with Gasteiger partial charge in [0, 0.05) is 18.2 Å². The second kappa shape index (κ2) is 5.82. The van der Waals surface area contributed by atoms with E-state index < -0.39 is 0 Å². The highest BCUT2D eigenvalue weighted by Gasteiger charge is 2.36. The third-order valence-electron chi connectivity index (χ3n) is 4.13. The quantitative estimate of drug-likeness (QED) is 0.853. The number of ether oxygens (including phenoxy) is 1. The van der Waals surface area contributed by atoms with Crippen LogP contribution >= 0.6 is 0 Å². The van der Waals surface area contributed by atoms with E-state index in [0.29, 0.717) is 12.5 Å². The van der Waals surface area contributed by atoms with Crippen LogP contribution in [0.5, 0.6) is 5.75 Å². The summed E-state index contributed by atoms with van der Waals surface area (Å²) in [6.45, 7) is 2.74. The van der Waals surface area contributed by atoms with E-state index in [0.717, 1.165) is 28.9 Å². The van der Waals surface area contributed by atoms with Gasteiger partial charge in [-0.05, 0) is 48.7 Å². The fourth-order valence-electron chi connectivity index (χ4n) is 2.61. The lowest BCUT2D eigenvalue weighted by Gasteiger charge is -2.16. The molecular weight excluding hydrogens is 264 g/mol. The van der Waals surface area contributed by atoms with Crippen molar-refractivity contribution >= 4 is 5.69 Å². The Kier molecular flexibility index (Phi) is 3.88. The molecule has 1 aromatic carbocycles. The van der Waals surface area contributed by atoms with Crippen LogP contribution in [0.1, 0.15) is 36.8 Å². The molecule has 1 aliphatic rings. The van der Waals surface area contributed by atoms with E-state index in [2.05, 4.69) is 18.3 Å². The third kappa shape index (κ3) is 3.05. The van der Waals surface area contributed by atoms with E-state index in [1.807, 2.05) is 30.3 Å². The van der Waals surface area contributed by atoms with Crippen LogP contribution < -0.4 is 15.8 Å². The minimum absolute atomic E-state index is 0.0128. The van der Waals surface area contributed by atoms with E-state index in [1.54, 1.807) is 7.11 Å². The normalized spacial score (nSPS) is 21.9. The number of anilines is 1. The molecule has 4 heteroatoms. The van der Waals surface area contributed by atoms with Crippen LogP contribution in [-0.4, -0.2) is 13.7 Å². The summed E-state index contributed by atoms with van der Waals surface area (Å²) in [5, 5.41) is 3.41.